The van der Waals surface area contributed by atoms with Crippen molar-refractivity contribution in [2.75, 3.05) is 0 Å². The van der Waals surface area contributed by atoms with Crippen LogP contribution in [-0.2, 0) is 28.6 Å². The molecule has 11 nitrogen and oxygen atoms in total. The summed E-state index contributed by atoms with van der Waals surface area (Å²) in [5.74, 6) is -2.69. The molecule has 5 atom stereocenters. The van der Waals surface area contributed by atoms with E-state index >= 15 is 0 Å². The number of rotatable bonds is 6. The van der Waals surface area contributed by atoms with Gasteiger partial charge < -0.3 is 29.9 Å². The van der Waals surface area contributed by atoms with Crippen molar-refractivity contribution in [3.05, 3.63) is 0 Å². The van der Waals surface area contributed by atoms with Crippen molar-refractivity contribution >= 4 is 17.9 Å². The molecule has 4 rings (SSSR count). The second kappa shape index (κ2) is 11.2. The lowest BCUT2D eigenvalue weighted by molar-refractivity contribution is -0.203. The molecule has 252 valence electrons. The van der Waals surface area contributed by atoms with Gasteiger partial charge in [0, 0.05) is 41.4 Å². The van der Waals surface area contributed by atoms with Crippen LogP contribution in [0.4, 0.5) is 0 Å². The maximum Gasteiger partial charge on any atom is 0.311 e. The fraction of sp³-hybridized carbons (Fsp3) is 0.909. The average Bonchev–Trinajstić information content (AvgIpc) is 3.27. The van der Waals surface area contributed by atoms with Crippen LogP contribution in [0.15, 0.2) is 0 Å². The number of hydrogen-bond donors (Lipinski definition) is 3. The highest BCUT2D eigenvalue weighted by Gasteiger charge is 2.57. The van der Waals surface area contributed by atoms with E-state index in [2.05, 4.69) is 19.2 Å². The van der Waals surface area contributed by atoms with Gasteiger partial charge in [-0.05, 0) is 102 Å². The number of esters is 3. The molecule has 0 amide bonds. The summed E-state index contributed by atoms with van der Waals surface area (Å²) in [5, 5.41) is 27.5. The second-order valence-electron chi connectivity index (χ2n) is 17.4. The monoisotopic (exact) mass is 623 g/mol. The number of hydroxylamine groups is 4. The second-order valence-corrected chi connectivity index (χ2v) is 17.4. The summed E-state index contributed by atoms with van der Waals surface area (Å²) in [6.07, 6.45) is 0.411. The Kier molecular flexibility index (Phi) is 8.91. The molecule has 5 unspecified atom stereocenters. The van der Waals surface area contributed by atoms with Gasteiger partial charge in [0.15, 0.2) is 0 Å². The van der Waals surface area contributed by atoms with E-state index in [1.165, 1.54) is 10.1 Å². The van der Waals surface area contributed by atoms with Crippen molar-refractivity contribution in [2.45, 2.75) is 173 Å². The van der Waals surface area contributed by atoms with Crippen LogP contribution in [0, 0.1) is 17.8 Å². The van der Waals surface area contributed by atoms with Gasteiger partial charge in [0.2, 0.25) is 0 Å². The number of ether oxygens (including phenoxy) is 3. The molecule has 0 aromatic rings. The number of nitrogens with one attached hydrogen (secondary N) is 1. The zero-order chi connectivity index (χ0) is 33.4. The summed E-state index contributed by atoms with van der Waals surface area (Å²) in [5.41, 5.74) is -3.56. The maximum absolute atomic E-state index is 13.6. The van der Waals surface area contributed by atoms with Gasteiger partial charge in [-0.1, -0.05) is 0 Å². The van der Waals surface area contributed by atoms with Crippen LogP contribution in [0.5, 0.6) is 0 Å². The molecule has 4 aliphatic rings. The van der Waals surface area contributed by atoms with Crippen LogP contribution < -0.4 is 5.32 Å². The van der Waals surface area contributed by atoms with Gasteiger partial charge in [-0.15, -0.1) is 0 Å². The summed E-state index contributed by atoms with van der Waals surface area (Å²) < 4.78 is 18.2. The van der Waals surface area contributed by atoms with E-state index in [9.17, 15) is 24.8 Å². The Morgan fingerprint density at radius 1 is 0.568 bits per heavy atom. The zero-order valence-electron chi connectivity index (χ0n) is 28.9. The van der Waals surface area contributed by atoms with Crippen molar-refractivity contribution in [1.29, 1.82) is 0 Å². The van der Waals surface area contributed by atoms with Crippen LogP contribution in [-0.4, -0.2) is 90.0 Å². The number of hydrogen-bond acceptors (Lipinski definition) is 11. The summed E-state index contributed by atoms with van der Waals surface area (Å²) in [4.78, 5) is 40.7. The first-order valence-corrected chi connectivity index (χ1v) is 16.2. The quantitative estimate of drug-likeness (QED) is 0.283. The van der Waals surface area contributed by atoms with Crippen LogP contribution in [0.1, 0.15) is 122 Å². The van der Waals surface area contributed by atoms with Crippen LogP contribution in [0.2, 0.25) is 0 Å². The highest BCUT2D eigenvalue weighted by molar-refractivity contribution is 5.76. The first-order valence-electron chi connectivity index (χ1n) is 16.2. The Labute approximate surface area is 263 Å². The molecular formula is C33H57N3O8. The fourth-order valence-electron chi connectivity index (χ4n) is 8.62. The minimum absolute atomic E-state index is 0.221. The van der Waals surface area contributed by atoms with Crippen molar-refractivity contribution in [1.82, 2.24) is 15.4 Å². The molecule has 1 aliphatic carbocycles. The van der Waals surface area contributed by atoms with E-state index in [4.69, 9.17) is 14.2 Å². The Morgan fingerprint density at radius 3 is 1.14 bits per heavy atom. The van der Waals surface area contributed by atoms with Gasteiger partial charge in [0.05, 0.1) is 28.8 Å². The molecule has 0 spiro atoms. The van der Waals surface area contributed by atoms with E-state index in [1.54, 1.807) is 0 Å². The summed E-state index contributed by atoms with van der Waals surface area (Å²) in [6.45, 7) is 22.9. The van der Waals surface area contributed by atoms with Crippen LogP contribution in [0.25, 0.3) is 0 Å². The molecule has 0 radical (unpaired) electrons. The Bertz CT molecular complexity index is 1080. The van der Waals surface area contributed by atoms with Crippen molar-refractivity contribution in [3.8, 4) is 0 Å². The lowest BCUT2D eigenvalue weighted by Crippen LogP contribution is -2.50. The highest BCUT2D eigenvalue weighted by Crippen LogP contribution is 2.46. The third-order valence-electron chi connectivity index (χ3n) is 10.9. The molecule has 3 saturated heterocycles. The van der Waals surface area contributed by atoms with Gasteiger partial charge >= 0.3 is 17.9 Å². The first-order chi connectivity index (χ1) is 19.8. The van der Waals surface area contributed by atoms with Crippen molar-refractivity contribution in [3.63, 3.8) is 0 Å². The van der Waals surface area contributed by atoms with E-state index in [0.717, 1.165) is 0 Å². The lowest BCUT2D eigenvalue weighted by atomic mass is 9.85. The van der Waals surface area contributed by atoms with Gasteiger partial charge in [-0.2, -0.15) is 10.1 Å². The lowest BCUT2D eigenvalue weighted by Gasteiger charge is -2.38. The van der Waals surface area contributed by atoms with E-state index in [-0.39, 0.29) is 23.8 Å². The number of carbonyl (C=O) groups excluding carboxylic acids is 3. The molecule has 0 bridgehead atoms. The molecular weight excluding hydrogens is 566 g/mol. The van der Waals surface area contributed by atoms with Gasteiger partial charge in [-0.25, -0.2) is 0 Å². The zero-order valence-corrected chi connectivity index (χ0v) is 28.9. The highest BCUT2D eigenvalue weighted by atomic mass is 16.6. The molecule has 3 heterocycles. The van der Waals surface area contributed by atoms with E-state index < -0.39 is 69.8 Å². The number of carbonyl (C=O) groups is 3. The van der Waals surface area contributed by atoms with Gasteiger partial charge in [0.1, 0.15) is 18.3 Å². The predicted octanol–water partition coefficient (Wildman–Crippen LogP) is 4.61. The molecule has 0 aromatic heterocycles. The molecule has 3 N–H and O–H groups in total. The minimum Gasteiger partial charge on any atom is -0.462 e. The van der Waals surface area contributed by atoms with Crippen LogP contribution in [0.3, 0.4) is 0 Å². The largest absolute Gasteiger partial charge is 0.462 e. The Balaban J connectivity index is 1.52. The number of nitrogens with zero attached hydrogens (tertiary/aromatic N) is 2. The molecule has 44 heavy (non-hydrogen) atoms. The summed E-state index contributed by atoms with van der Waals surface area (Å²) >= 11 is 0. The summed E-state index contributed by atoms with van der Waals surface area (Å²) in [7, 11) is 0. The van der Waals surface area contributed by atoms with Crippen molar-refractivity contribution < 1.29 is 39.0 Å². The maximum atomic E-state index is 13.6. The van der Waals surface area contributed by atoms with Gasteiger partial charge in [0.25, 0.3) is 0 Å². The fourth-order valence-corrected chi connectivity index (χ4v) is 8.62. The normalized spacial score (nSPS) is 37.0. The van der Waals surface area contributed by atoms with Crippen LogP contribution >= 0.6 is 0 Å². The van der Waals surface area contributed by atoms with Crippen molar-refractivity contribution in [2.24, 2.45) is 17.8 Å². The molecule has 3 aliphatic heterocycles. The smallest absolute Gasteiger partial charge is 0.311 e. The molecule has 4 fully saturated rings. The topological polar surface area (TPSA) is 138 Å². The molecule has 0 aromatic carbocycles. The molecule has 1 saturated carbocycles. The molecule has 11 heteroatoms. The third-order valence-corrected chi connectivity index (χ3v) is 10.9. The average molecular weight is 624 g/mol. The van der Waals surface area contributed by atoms with E-state index in [0.29, 0.717) is 32.1 Å². The van der Waals surface area contributed by atoms with Gasteiger partial charge in [-0.3, -0.25) is 14.4 Å². The Hall–Kier alpha value is -1.79. The first kappa shape index (κ1) is 35.1. The van der Waals surface area contributed by atoms with E-state index in [1.807, 2.05) is 69.2 Å². The standard InChI is InChI=1S/C33H57N3O8/c1-28(2)16-22(31(7,8)34-28)25(37)42-19-13-20(43-26(38)23-17-29(3,4)35(40)32(23,9)10)15-21(14-19)44-27(39)24-18-30(5,6)36(41)33(24,11)12/h19-24,34,40-41H,13-18H2,1-12H3. The third kappa shape index (κ3) is 6.54. The summed E-state index contributed by atoms with van der Waals surface area (Å²) in [6, 6.07) is 0. The predicted molar refractivity (Wildman–Crippen MR) is 163 cm³/mol. The Morgan fingerprint density at radius 2 is 0.886 bits per heavy atom. The SMILES string of the molecule is CC1(C)CC(C(=O)OC2CC(OC(=O)C3CC(C)(C)N(O)C3(C)C)CC(OC(=O)C3CC(C)(C)N(O)C3(C)C)C2)C(C)(C)N1. The minimum atomic E-state index is -0.835.